The molecule has 0 amide bonds. The van der Waals surface area contributed by atoms with E-state index in [-0.39, 0.29) is 4.88 Å². The summed E-state index contributed by atoms with van der Waals surface area (Å²) in [6.45, 7) is 0. The van der Waals surface area contributed by atoms with Crippen LogP contribution in [0.3, 0.4) is 0 Å². The molecule has 0 aromatic carbocycles. The highest BCUT2D eigenvalue weighted by molar-refractivity contribution is 7.80. The fourth-order valence-corrected chi connectivity index (χ4v) is 3.75. The van der Waals surface area contributed by atoms with Crippen molar-refractivity contribution in [2.75, 3.05) is 0 Å². The Morgan fingerprint density at radius 1 is 1.32 bits per heavy atom. The van der Waals surface area contributed by atoms with Crippen molar-refractivity contribution in [1.82, 2.24) is 15.6 Å². The number of halogens is 3. The molecule has 3 heterocycles. The van der Waals surface area contributed by atoms with Crippen molar-refractivity contribution in [2.24, 2.45) is 5.92 Å². The number of rotatable bonds is 3. The first-order valence-electron chi connectivity index (χ1n) is 7.09. The van der Waals surface area contributed by atoms with Gasteiger partial charge in [-0.15, -0.1) is 11.3 Å². The van der Waals surface area contributed by atoms with E-state index in [1.54, 1.807) is 11.4 Å². The van der Waals surface area contributed by atoms with E-state index in [2.05, 4.69) is 10.3 Å². The van der Waals surface area contributed by atoms with Gasteiger partial charge in [0, 0.05) is 12.4 Å². The van der Waals surface area contributed by atoms with Crippen molar-refractivity contribution in [3.8, 4) is 0 Å². The summed E-state index contributed by atoms with van der Waals surface area (Å²) in [5.74, 6) is -2.71. The van der Waals surface area contributed by atoms with Crippen molar-refractivity contribution < 1.29 is 23.1 Å². The Morgan fingerprint density at radius 2 is 2.00 bits per heavy atom. The van der Waals surface area contributed by atoms with E-state index in [1.165, 1.54) is 30.6 Å². The van der Waals surface area contributed by atoms with Crippen LogP contribution in [0.15, 0.2) is 42.0 Å². The lowest BCUT2D eigenvalue weighted by Gasteiger charge is -2.46. The fraction of sp³-hybridized carbons (Fsp3) is 0.267. The average molecular weight is 387 g/mol. The van der Waals surface area contributed by atoms with Gasteiger partial charge >= 0.3 is 6.18 Å². The van der Waals surface area contributed by atoms with Crippen LogP contribution in [-0.4, -0.2) is 32.9 Å². The molecule has 132 valence electrons. The highest BCUT2D eigenvalue weighted by Crippen LogP contribution is 2.44. The first-order valence-corrected chi connectivity index (χ1v) is 8.38. The summed E-state index contributed by atoms with van der Waals surface area (Å²) >= 11 is 5.84. The zero-order valence-electron chi connectivity index (χ0n) is 12.4. The molecule has 1 aliphatic rings. The van der Waals surface area contributed by atoms with Crippen molar-refractivity contribution in [3.05, 3.63) is 52.5 Å². The number of pyridine rings is 1. The van der Waals surface area contributed by atoms with Gasteiger partial charge in [0.05, 0.1) is 10.9 Å². The summed E-state index contributed by atoms with van der Waals surface area (Å²) in [5.41, 5.74) is -3.14. The summed E-state index contributed by atoms with van der Waals surface area (Å²) in [6, 6.07) is 4.74. The topological polar surface area (TPSA) is 74.2 Å². The molecular formula is C15H12F3N3O2S2. The van der Waals surface area contributed by atoms with Crippen LogP contribution in [0, 0.1) is 5.92 Å². The molecule has 0 spiro atoms. The molecule has 2 aromatic rings. The van der Waals surface area contributed by atoms with Gasteiger partial charge in [-0.3, -0.25) is 9.78 Å². The van der Waals surface area contributed by atoms with Crippen molar-refractivity contribution in [1.29, 1.82) is 0 Å². The maximum atomic E-state index is 13.7. The number of alkyl halides is 3. The van der Waals surface area contributed by atoms with Gasteiger partial charge in [-0.05, 0) is 41.4 Å². The first-order chi connectivity index (χ1) is 11.7. The van der Waals surface area contributed by atoms with Crippen LogP contribution in [0.4, 0.5) is 13.2 Å². The second-order valence-corrected chi connectivity index (χ2v) is 6.80. The number of Topliss-reactive ketones (excluding diaryl/α,β-unsaturated/α-hetero) is 1. The van der Waals surface area contributed by atoms with Gasteiger partial charge in [0.2, 0.25) is 5.72 Å². The number of nitrogens with one attached hydrogen (secondary N) is 2. The maximum absolute atomic E-state index is 13.7. The molecule has 0 saturated carbocycles. The van der Waals surface area contributed by atoms with Gasteiger partial charge in [0.15, 0.2) is 10.9 Å². The molecule has 3 atom stereocenters. The average Bonchev–Trinajstić information content (AvgIpc) is 3.08. The lowest BCUT2D eigenvalue weighted by molar-refractivity contribution is -0.285. The number of ketones is 1. The van der Waals surface area contributed by atoms with Gasteiger partial charge < -0.3 is 15.7 Å². The fourth-order valence-electron chi connectivity index (χ4n) is 2.76. The first kappa shape index (κ1) is 17.8. The number of aliphatic hydroxyl groups is 1. The summed E-state index contributed by atoms with van der Waals surface area (Å²) in [7, 11) is 0. The van der Waals surface area contributed by atoms with E-state index in [9.17, 15) is 23.1 Å². The van der Waals surface area contributed by atoms with Gasteiger partial charge in [-0.25, -0.2) is 0 Å². The van der Waals surface area contributed by atoms with Crippen LogP contribution in [0.5, 0.6) is 0 Å². The Balaban J connectivity index is 2.15. The Bertz CT molecular complexity index is 783. The summed E-state index contributed by atoms with van der Waals surface area (Å²) in [5, 5.41) is 16.1. The third kappa shape index (κ3) is 3.12. The number of carbonyl (C=O) groups excluding carboxylic acids is 1. The molecule has 3 rings (SSSR count). The molecule has 1 saturated heterocycles. The lowest BCUT2D eigenvalue weighted by atomic mass is 9.79. The standard InChI is InChI=1S/C15H12F3N3O2S2/c16-15(17,18)14(23)10(12(22)9-2-1-7-25-9)11(20-13(24)21-14)8-3-5-19-6-4-8/h1-7,10-11,23H,(H2,20,21,24)/t10-,11+,14+/m0/s1. The third-order valence-electron chi connectivity index (χ3n) is 3.92. The molecule has 1 fully saturated rings. The molecule has 10 heteroatoms. The molecule has 0 aliphatic carbocycles. The SMILES string of the molecule is O=C(c1cccs1)[C@@H]1[C@@H](c2ccncc2)NC(=S)N[C@]1(O)C(F)(F)F. The smallest absolute Gasteiger partial charge is 0.363 e. The van der Waals surface area contributed by atoms with Gasteiger partial charge in [-0.1, -0.05) is 6.07 Å². The van der Waals surface area contributed by atoms with Gasteiger partial charge in [0.1, 0.15) is 5.92 Å². The minimum Gasteiger partial charge on any atom is -0.363 e. The summed E-state index contributed by atoms with van der Waals surface area (Å²) in [6.07, 6.45) is -2.34. The molecule has 0 unspecified atom stereocenters. The number of thiocarbonyl (C=S) groups is 1. The molecule has 0 bridgehead atoms. The van der Waals surface area contributed by atoms with E-state index in [0.29, 0.717) is 5.56 Å². The Hall–Kier alpha value is -2.04. The normalized spacial score (nSPS) is 26.6. The van der Waals surface area contributed by atoms with Crippen LogP contribution in [0.1, 0.15) is 21.3 Å². The maximum Gasteiger partial charge on any atom is 0.437 e. The van der Waals surface area contributed by atoms with Crippen LogP contribution < -0.4 is 10.6 Å². The molecule has 0 radical (unpaired) electrons. The van der Waals surface area contributed by atoms with Crippen molar-refractivity contribution in [2.45, 2.75) is 17.9 Å². The second kappa shape index (κ2) is 6.36. The number of carbonyl (C=O) groups is 1. The zero-order chi connectivity index (χ0) is 18.2. The monoisotopic (exact) mass is 387 g/mol. The van der Waals surface area contributed by atoms with Crippen LogP contribution in [0.25, 0.3) is 0 Å². The van der Waals surface area contributed by atoms with E-state index in [1.807, 2.05) is 5.32 Å². The van der Waals surface area contributed by atoms with Crippen LogP contribution in [0.2, 0.25) is 0 Å². The second-order valence-electron chi connectivity index (χ2n) is 5.44. The number of thiophene rings is 1. The highest BCUT2D eigenvalue weighted by Gasteiger charge is 2.65. The number of hydrogen-bond acceptors (Lipinski definition) is 5. The van der Waals surface area contributed by atoms with Gasteiger partial charge in [-0.2, -0.15) is 13.2 Å². The van der Waals surface area contributed by atoms with E-state index >= 15 is 0 Å². The zero-order valence-corrected chi connectivity index (χ0v) is 14.1. The number of nitrogens with zero attached hydrogens (tertiary/aromatic N) is 1. The molecule has 25 heavy (non-hydrogen) atoms. The molecule has 1 aliphatic heterocycles. The largest absolute Gasteiger partial charge is 0.437 e. The van der Waals surface area contributed by atoms with E-state index in [0.717, 1.165) is 11.3 Å². The van der Waals surface area contributed by atoms with E-state index < -0.39 is 34.8 Å². The van der Waals surface area contributed by atoms with Gasteiger partial charge in [0.25, 0.3) is 0 Å². The summed E-state index contributed by atoms with van der Waals surface area (Å²) in [4.78, 5) is 16.8. The third-order valence-corrected chi connectivity index (χ3v) is 5.02. The van der Waals surface area contributed by atoms with Crippen LogP contribution >= 0.6 is 23.6 Å². The van der Waals surface area contributed by atoms with Crippen molar-refractivity contribution in [3.63, 3.8) is 0 Å². The Labute approximate surface area is 149 Å². The van der Waals surface area contributed by atoms with Crippen LogP contribution in [-0.2, 0) is 0 Å². The Kier molecular flexibility index (Phi) is 4.52. The predicted molar refractivity (Wildman–Crippen MR) is 89.0 cm³/mol. The minimum atomic E-state index is -5.12. The summed E-state index contributed by atoms with van der Waals surface area (Å²) < 4.78 is 41.0. The molecule has 5 nitrogen and oxygen atoms in total. The molecule has 2 aromatic heterocycles. The van der Waals surface area contributed by atoms with Crippen molar-refractivity contribution >= 4 is 34.5 Å². The number of hydrogen-bond donors (Lipinski definition) is 3. The quantitative estimate of drug-likeness (QED) is 0.555. The number of aromatic nitrogens is 1. The minimum absolute atomic E-state index is 0.114. The molecule has 3 N–H and O–H groups in total. The highest BCUT2D eigenvalue weighted by atomic mass is 32.1. The van der Waals surface area contributed by atoms with E-state index in [4.69, 9.17) is 12.2 Å². The predicted octanol–water partition coefficient (Wildman–Crippen LogP) is 2.41. The molecular weight excluding hydrogens is 375 g/mol. The Morgan fingerprint density at radius 3 is 2.56 bits per heavy atom. The lowest BCUT2D eigenvalue weighted by Crippen LogP contribution is -2.72.